The van der Waals surface area contributed by atoms with E-state index in [0.717, 1.165) is 36.8 Å². The minimum atomic E-state index is 0.00788. The average Bonchev–Trinajstić information content (AvgIpc) is 2.40. The Bertz CT molecular complexity index is 468. The quantitative estimate of drug-likeness (QED) is 0.867. The first-order valence-electron chi connectivity index (χ1n) is 6.47. The lowest BCUT2D eigenvalue weighted by Gasteiger charge is -2.25. The standard InChI is InChI=1S/C15H18N2O/c1-11-4-2-3-5-14(11)15(18)17-13-8-6-12(10-16)7-9-13/h2-5,12-13H,6-9H2,1H3,(H,17,18)/t12-,13+. The van der Waals surface area contributed by atoms with Gasteiger partial charge in [-0.2, -0.15) is 5.26 Å². The van der Waals surface area contributed by atoms with Crippen LogP contribution in [-0.4, -0.2) is 11.9 Å². The number of hydrogen-bond donors (Lipinski definition) is 1. The van der Waals surface area contributed by atoms with Crippen LogP contribution >= 0.6 is 0 Å². The van der Waals surface area contributed by atoms with Crippen LogP contribution in [-0.2, 0) is 0 Å². The monoisotopic (exact) mass is 242 g/mol. The van der Waals surface area contributed by atoms with Crippen LogP contribution in [0.1, 0.15) is 41.6 Å². The molecule has 0 atom stereocenters. The van der Waals surface area contributed by atoms with E-state index in [0.29, 0.717) is 0 Å². The molecule has 0 saturated heterocycles. The molecule has 0 spiro atoms. The maximum Gasteiger partial charge on any atom is 0.251 e. The van der Waals surface area contributed by atoms with E-state index in [-0.39, 0.29) is 17.9 Å². The van der Waals surface area contributed by atoms with Gasteiger partial charge in [-0.1, -0.05) is 18.2 Å². The average molecular weight is 242 g/mol. The van der Waals surface area contributed by atoms with Gasteiger partial charge in [-0.05, 0) is 44.2 Å². The minimum Gasteiger partial charge on any atom is -0.349 e. The second-order valence-electron chi connectivity index (χ2n) is 4.97. The molecule has 1 aliphatic rings. The van der Waals surface area contributed by atoms with Crippen molar-refractivity contribution in [3.8, 4) is 6.07 Å². The van der Waals surface area contributed by atoms with E-state index >= 15 is 0 Å². The lowest BCUT2D eigenvalue weighted by atomic mass is 9.87. The van der Waals surface area contributed by atoms with Crippen molar-refractivity contribution in [2.45, 2.75) is 38.6 Å². The maximum absolute atomic E-state index is 12.1. The predicted molar refractivity (Wildman–Crippen MR) is 70.0 cm³/mol. The third kappa shape index (κ3) is 2.89. The fourth-order valence-corrected chi connectivity index (χ4v) is 2.46. The van der Waals surface area contributed by atoms with E-state index in [1.54, 1.807) is 0 Å². The van der Waals surface area contributed by atoms with Crippen LogP contribution in [0.2, 0.25) is 0 Å². The van der Waals surface area contributed by atoms with Gasteiger partial charge < -0.3 is 5.32 Å². The first kappa shape index (κ1) is 12.6. The molecule has 2 rings (SSSR count). The molecule has 0 heterocycles. The number of carbonyl (C=O) groups is 1. The number of nitrogens with one attached hydrogen (secondary N) is 1. The molecule has 0 aliphatic heterocycles. The third-order valence-corrected chi connectivity index (χ3v) is 3.63. The fraction of sp³-hybridized carbons (Fsp3) is 0.467. The summed E-state index contributed by atoms with van der Waals surface area (Å²) in [6.45, 7) is 1.95. The second kappa shape index (κ2) is 5.68. The zero-order valence-corrected chi connectivity index (χ0v) is 10.6. The van der Waals surface area contributed by atoms with Crippen molar-refractivity contribution in [2.24, 2.45) is 5.92 Å². The summed E-state index contributed by atoms with van der Waals surface area (Å²) in [5.74, 6) is 0.185. The van der Waals surface area contributed by atoms with Gasteiger partial charge in [0.15, 0.2) is 0 Å². The molecule has 3 heteroatoms. The molecular formula is C15H18N2O. The highest BCUT2D eigenvalue weighted by molar-refractivity contribution is 5.95. The molecule has 0 bridgehead atoms. The van der Waals surface area contributed by atoms with Gasteiger partial charge in [0.1, 0.15) is 0 Å². The molecule has 1 aromatic carbocycles. The summed E-state index contributed by atoms with van der Waals surface area (Å²) in [5.41, 5.74) is 1.75. The van der Waals surface area contributed by atoms with Gasteiger partial charge in [-0.3, -0.25) is 4.79 Å². The van der Waals surface area contributed by atoms with Crippen molar-refractivity contribution in [3.05, 3.63) is 35.4 Å². The molecule has 94 valence electrons. The molecule has 18 heavy (non-hydrogen) atoms. The second-order valence-corrected chi connectivity index (χ2v) is 4.97. The van der Waals surface area contributed by atoms with Gasteiger partial charge >= 0.3 is 0 Å². The molecule has 1 aromatic rings. The molecule has 0 unspecified atom stereocenters. The first-order valence-corrected chi connectivity index (χ1v) is 6.47. The molecule has 1 N–H and O–H groups in total. The Morgan fingerprint density at radius 2 is 1.94 bits per heavy atom. The number of rotatable bonds is 2. The molecule has 1 amide bonds. The zero-order chi connectivity index (χ0) is 13.0. The van der Waals surface area contributed by atoms with Crippen molar-refractivity contribution >= 4 is 5.91 Å². The van der Waals surface area contributed by atoms with E-state index in [9.17, 15) is 4.79 Å². The Balaban J connectivity index is 1.93. The summed E-state index contributed by atoms with van der Waals surface area (Å²) < 4.78 is 0. The summed E-state index contributed by atoms with van der Waals surface area (Å²) >= 11 is 0. The Hall–Kier alpha value is -1.82. The van der Waals surface area contributed by atoms with Gasteiger partial charge in [0.2, 0.25) is 0 Å². The highest BCUT2D eigenvalue weighted by atomic mass is 16.1. The SMILES string of the molecule is Cc1ccccc1C(=O)N[C@H]1CC[C@@H](C#N)CC1. The van der Waals surface area contributed by atoms with Crippen LogP contribution in [0.3, 0.4) is 0 Å². The van der Waals surface area contributed by atoms with Crippen molar-refractivity contribution in [1.82, 2.24) is 5.32 Å². The van der Waals surface area contributed by atoms with Crippen LogP contribution in [0.15, 0.2) is 24.3 Å². The van der Waals surface area contributed by atoms with E-state index in [1.807, 2.05) is 31.2 Å². The van der Waals surface area contributed by atoms with Gasteiger partial charge in [-0.15, -0.1) is 0 Å². The zero-order valence-electron chi connectivity index (χ0n) is 10.6. The molecule has 0 aromatic heterocycles. The predicted octanol–water partition coefficient (Wildman–Crippen LogP) is 2.81. The van der Waals surface area contributed by atoms with Gasteiger partial charge in [0.05, 0.1) is 6.07 Å². The number of amides is 1. The number of carbonyl (C=O) groups excluding carboxylic acids is 1. The van der Waals surface area contributed by atoms with Crippen LogP contribution < -0.4 is 5.32 Å². The largest absolute Gasteiger partial charge is 0.349 e. The Labute approximate surface area is 108 Å². The van der Waals surface area contributed by atoms with E-state index < -0.39 is 0 Å². The smallest absolute Gasteiger partial charge is 0.251 e. The van der Waals surface area contributed by atoms with Crippen LogP contribution in [0, 0.1) is 24.2 Å². The molecule has 0 radical (unpaired) electrons. The summed E-state index contributed by atoms with van der Waals surface area (Å²) in [4.78, 5) is 12.1. The first-order chi connectivity index (χ1) is 8.70. The molecule has 1 saturated carbocycles. The Kier molecular flexibility index (Phi) is 3.99. The Morgan fingerprint density at radius 3 is 2.56 bits per heavy atom. The number of nitrogens with zero attached hydrogens (tertiary/aromatic N) is 1. The van der Waals surface area contributed by atoms with Gasteiger partial charge in [0, 0.05) is 17.5 Å². The van der Waals surface area contributed by atoms with Crippen molar-refractivity contribution < 1.29 is 4.79 Å². The van der Waals surface area contributed by atoms with Crippen molar-refractivity contribution in [3.63, 3.8) is 0 Å². The van der Waals surface area contributed by atoms with Crippen molar-refractivity contribution in [1.29, 1.82) is 5.26 Å². The van der Waals surface area contributed by atoms with E-state index in [1.165, 1.54) is 0 Å². The highest BCUT2D eigenvalue weighted by Gasteiger charge is 2.22. The van der Waals surface area contributed by atoms with Crippen LogP contribution in [0.25, 0.3) is 0 Å². The minimum absolute atomic E-state index is 0.00788. The van der Waals surface area contributed by atoms with Crippen molar-refractivity contribution in [2.75, 3.05) is 0 Å². The summed E-state index contributed by atoms with van der Waals surface area (Å²) in [6, 6.07) is 10.1. The van der Waals surface area contributed by atoms with Gasteiger partial charge in [0.25, 0.3) is 5.91 Å². The van der Waals surface area contributed by atoms with Crippen LogP contribution in [0.5, 0.6) is 0 Å². The normalized spacial score (nSPS) is 23.1. The highest BCUT2D eigenvalue weighted by Crippen LogP contribution is 2.23. The van der Waals surface area contributed by atoms with Gasteiger partial charge in [-0.25, -0.2) is 0 Å². The third-order valence-electron chi connectivity index (χ3n) is 3.63. The summed E-state index contributed by atoms with van der Waals surface area (Å²) in [7, 11) is 0. The maximum atomic E-state index is 12.1. The number of hydrogen-bond acceptors (Lipinski definition) is 2. The molecule has 3 nitrogen and oxygen atoms in total. The topological polar surface area (TPSA) is 52.9 Å². The lowest BCUT2D eigenvalue weighted by Crippen LogP contribution is -2.37. The molecule has 1 fully saturated rings. The summed E-state index contributed by atoms with van der Waals surface area (Å²) in [6.07, 6.45) is 3.62. The van der Waals surface area contributed by atoms with Crippen LogP contribution in [0.4, 0.5) is 0 Å². The lowest BCUT2D eigenvalue weighted by molar-refractivity contribution is 0.0924. The summed E-state index contributed by atoms with van der Waals surface area (Å²) in [5, 5.41) is 11.9. The number of nitriles is 1. The van der Waals surface area contributed by atoms with E-state index in [4.69, 9.17) is 5.26 Å². The molecule has 1 aliphatic carbocycles. The molecular weight excluding hydrogens is 224 g/mol. The number of benzene rings is 1. The number of aryl methyl sites for hydroxylation is 1. The van der Waals surface area contributed by atoms with E-state index in [2.05, 4.69) is 11.4 Å². The fourth-order valence-electron chi connectivity index (χ4n) is 2.46. The Morgan fingerprint density at radius 1 is 1.28 bits per heavy atom.